The molecule has 12 heteroatoms. The first-order valence-corrected chi connectivity index (χ1v) is 14.9. The number of para-hydroxylation sites is 1. The summed E-state index contributed by atoms with van der Waals surface area (Å²) in [6.07, 6.45) is 5.66. The number of piperidine rings is 1. The zero-order valence-corrected chi connectivity index (χ0v) is 23.6. The van der Waals surface area contributed by atoms with Crippen LogP contribution in [0.15, 0.2) is 40.9 Å². The summed E-state index contributed by atoms with van der Waals surface area (Å²) in [4.78, 5) is 18.8. The molecule has 2 aromatic heterocycles. The Hall–Kier alpha value is -3.77. The Labute approximate surface area is 244 Å². The van der Waals surface area contributed by atoms with Crippen LogP contribution in [0.4, 0.5) is 13.9 Å². The number of methoxy groups -OCH3 is 1. The van der Waals surface area contributed by atoms with Crippen LogP contribution in [0.1, 0.15) is 66.1 Å². The number of hydrogen-bond acceptors (Lipinski definition) is 9. The second-order valence-electron chi connectivity index (χ2n) is 11.0. The number of halogens is 2. The number of hydrogen-bond donors (Lipinski definition) is 1. The standard InChI is InChI=1S/C30H29F2N3O6S/c1-38-23-10-16(28(36)37)11-24-26(23)33-30(42-24)35-17-8-9-18(35)13-19(12-17)39-14-21-25(34-41-27(21)15-6-7-15)20-4-2-3-5-22(20)40-29(31)32/h2-5,10-11,15,17-19,29H,6-9,12-14H2,1H3,(H,36,37)/t17-,18?,19?/m0/s1. The van der Waals surface area contributed by atoms with Gasteiger partial charge in [-0.05, 0) is 62.8 Å². The molecule has 2 bridgehead atoms. The molecule has 4 aromatic rings. The number of carboxylic acid groups (broad SMARTS) is 1. The number of aromatic nitrogens is 2. The summed E-state index contributed by atoms with van der Waals surface area (Å²) in [6.45, 7) is -2.68. The van der Waals surface area contributed by atoms with E-state index in [0.29, 0.717) is 22.5 Å². The lowest BCUT2D eigenvalue weighted by Gasteiger charge is -2.38. The Kier molecular flexibility index (Phi) is 6.97. The van der Waals surface area contributed by atoms with E-state index < -0.39 is 12.6 Å². The molecule has 1 N–H and O–H groups in total. The van der Waals surface area contributed by atoms with Crippen molar-refractivity contribution in [1.82, 2.24) is 10.1 Å². The molecular weight excluding hydrogens is 568 g/mol. The first kappa shape index (κ1) is 27.1. The van der Waals surface area contributed by atoms with E-state index in [-0.39, 0.29) is 42.0 Å². The Morgan fingerprint density at radius 2 is 1.90 bits per heavy atom. The number of carbonyl (C=O) groups is 1. The number of alkyl halides is 2. The zero-order valence-electron chi connectivity index (χ0n) is 22.8. The summed E-state index contributed by atoms with van der Waals surface area (Å²) in [5.41, 5.74) is 2.58. The van der Waals surface area contributed by atoms with Crippen LogP contribution in [0.5, 0.6) is 11.5 Å². The van der Waals surface area contributed by atoms with Crippen LogP contribution in [0, 0.1) is 0 Å². The number of carboxylic acids is 1. The molecule has 3 fully saturated rings. The molecule has 4 heterocycles. The summed E-state index contributed by atoms with van der Waals surface area (Å²) in [6, 6.07) is 10.3. The lowest BCUT2D eigenvalue weighted by atomic mass is 10.00. The van der Waals surface area contributed by atoms with E-state index in [1.807, 2.05) is 0 Å². The fourth-order valence-electron chi connectivity index (χ4n) is 6.35. The average molecular weight is 598 g/mol. The van der Waals surface area contributed by atoms with E-state index in [1.165, 1.54) is 30.6 Å². The quantitative estimate of drug-likeness (QED) is 0.210. The van der Waals surface area contributed by atoms with E-state index in [1.54, 1.807) is 24.3 Å². The van der Waals surface area contributed by atoms with Crippen LogP contribution in [-0.2, 0) is 11.3 Å². The summed E-state index contributed by atoms with van der Waals surface area (Å²) < 4.78 is 49.5. The predicted octanol–water partition coefficient (Wildman–Crippen LogP) is 6.85. The van der Waals surface area contributed by atoms with Gasteiger partial charge in [-0.25, -0.2) is 9.78 Å². The largest absolute Gasteiger partial charge is 0.494 e. The minimum atomic E-state index is -2.95. The molecule has 0 spiro atoms. The number of anilines is 1. The van der Waals surface area contributed by atoms with Crippen molar-refractivity contribution in [2.24, 2.45) is 0 Å². The first-order valence-electron chi connectivity index (χ1n) is 14.0. The maximum Gasteiger partial charge on any atom is 0.387 e. The molecule has 220 valence electrons. The average Bonchev–Trinajstić information content (AvgIpc) is 3.49. The third-order valence-corrected chi connectivity index (χ3v) is 9.43. The number of ether oxygens (including phenoxy) is 3. The number of benzene rings is 2. The highest BCUT2D eigenvalue weighted by Crippen LogP contribution is 2.47. The van der Waals surface area contributed by atoms with Gasteiger partial charge in [-0.1, -0.05) is 28.6 Å². The maximum atomic E-state index is 13.1. The van der Waals surface area contributed by atoms with Crippen LogP contribution < -0.4 is 14.4 Å². The Morgan fingerprint density at radius 1 is 1.14 bits per heavy atom. The molecule has 2 unspecified atom stereocenters. The molecule has 7 rings (SSSR count). The van der Waals surface area contributed by atoms with Gasteiger partial charge in [0.1, 0.15) is 28.5 Å². The molecule has 0 amide bonds. The normalized spacial score (nSPS) is 21.8. The van der Waals surface area contributed by atoms with Gasteiger partial charge < -0.3 is 28.7 Å². The SMILES string of the molecule is COc1cc(C(=O)O)cc2sc(N3C4CC[C@H]3CC(OCc3c(-c5ccccc5OC(F)F)noc3C3CC3)C4)nc12. The zero-order chi connectivity index (χ0) is 29.0. The predicted molar refractivity (Wildman–Crippen MR) is 151 cm³/mol. The molecular formula is C30H29F2N3O6S. The fraction of sp³-hybridized carbons (Fsp3) is 0.433. The summed E-state index contributed by atoms with van der Waals surface area (Å²) >= 11 is 1.49. The molecule has 2 saturated heterocycles. The third kappa shape index (κ3) is 4.96. The molecule has 42 heavy (non-hydrogen) atoms. The third-order valence-electron chi connectivity index (χ3n) is 8.41. The Balaban J connectivity index is 1.10. The second kappa shape index (κ2) is 10.8. The van der Waals surface area contributed by atoms with Crippen LogP contribution in [0.25, 0.3) is 21.5 Å². The van der Waals surface area contributed by atoms with E-state index >= 15 is 0 Å². The van der Waals surface area contributed by atoms with Crippen molar-refractivity contribution in [1.29, 1.82) is 0 Å². The fourth-order valence-corrected chi connectivity index (χ4v) is 7.52. The summed E-state index contributed by atoms with van der Waals surface area (Å²) in [5.74, 6) is 0.535. The Bertz CT molecular complexity index is 1620. The van der Waals surface area contributed by atoms with Gasteiger partial charge in [0.25, 0.3) is 0 Å². The molecule has 9 nitrogen and oxygen atoms in total. The highest BCUT2D eigenvalue weighted by Gasteiger charge is 2.43. The number of rotatable bonds is 10. The van der Waals surface area contributed by atoms with E-state index in [9.17, 15) is 18.7 Å². The lowest BCUT2D eigenvalue weighted by Crippen LogP contribution is -2.45. The van der Waals surface area contributed by atoms with Crippen LogP contribution in [0.3, 0.4) is 0 Å². The Morgan fingerprint density at radius 3 is 2.60 bits per heavy atom. The smallest absolute Gasteiger partial charge is 0.387 e. The molecule has 2 aromatic carbocycles. The first-order chi connectivity index (χ1) is 20.4. The van der Waals surface area contributed by atoms with E-state index in [0.717, 1.165) is 59.7 Å². The van der Waals surface area contributed by atoms with E-state index in [2.05, 4.69) is 10.1 Å². The molecule has 3 atom stereocenters. The van der Waals surface area contributed by atoms with Crippen molar-refractivity contribution in [2.45, 2.75) is 75.8 Å². The van der Waals surface area contributed by atoms with Crippen molar-refractivity contribution < 1.29 is 37.4 Å². The number of thiazole rings is 1. The van der Waals surface area contributed by atoms with Crippen LogP contribution >= 0.6 is 11.3 Å². The molecule has 1 saturated carbocycles. The van der Waals surface area contributed by atoms with Gasteiger partial charge in [0.05, 0.1) is 30.1 Å². The molecule has 2 aliphatic heterocycles. The highest BCUT2D eigenvalue weighted by atomic mass is 32.1. The molecule has 1 aliphatic carbocycles. The van der Waals surface area contributed by atoms with Crippen molar-refractivity contribution in [3.05, 3.63) is 53.3 Å². The minimum Gasteiger partial charge on any atom is -0.494 e. The maximum absolute atomic E-state index is 13.1. The number of aromatic carboxylic acids is 1. The molecule has 3 aliphatic rings. The van der Waals surface area contributed by atoms with Crippen molar-refractivity contribution in [3.8, 4) is 22.8 Å². The highest BCUT2D eigenvalue weighted by molar-refractivity contribution is 7.22. The van der Waals surface area contributed by atoms with Gasteiger partial charge >= 0.3 is 12.6 Å². The summed E-state index contributed by atoms with van der Waals surface area (Å²) in [5, 5.41) is 14.6. The van der Waals surface area contributed by atoms with Gasteiger partial charge in [0.15, 0.2) is 5.13 Å². The monoisotopic (exact) mass is 597 g/mol. The van der Waals surface area contributed by atoms with Gasteiger partial charge in [0, 0.05) is 29.1 Å². The van der Waals surface area contributed by atoms with Crippen molar-refractivity contribution in [3.63, 3.8) is 0 Å². The van der Waals surface area contributed by atoms with Crippen molar-refractivity contribution in [2.75, 3.05) is 12.0 Å². The van der Waals surface area contributed by atoms with Crippen LogP contribution in [-0.4, -0.2) is 53.1 Å². The minimum absolute atomic E-state index is 0.00337. The number of fused-ring (bicyclic) bond motifs is 3. The summed E-state index contributed by atoms with van der Waals surface area (Å²) in [7, 11) is 1.52. The van der Waals surface area contributed by atoms with Gasteiger partial charge in [-0.15, -0.1) is 0 Å². The lowest BCUT2D eigenvalue weighted by molar-refractivity contribution is -0.0494. The van der Waals surface area contributed by atoms with Gasteiger partial charge in [-0.2, -0.15) is 8.78 Å². The number of nitrogens with zero attached hydrogens (tertiary/aromatic N) is 3. The van der Waals surface area contributed by atoms with Crippen molar-refractivity contribution >= 4 is 32.7 Å². The van der Waals surface area contributed by atoms with E-state index in [4.69, 9.17) is 23.7 Å². The second-order valence-corrected chi connectivity index (χ2v) is 12.1. The van der Waals surface area contributed by atoms with Crippen LogP contribution in [0.2, 0.25) is 0 Å². The topological polar surface area (TPSA) is 107 Å². The van der Waals surface area contributed by atoms with Gasteiger partial charge in [0.2, 0.25) is 0 Å². The molecule has 0 radical (unpaired) electrons. The van der Waals surface area contributed by atoms with Gasteiger partial charge in [-0.3, -0.25) is 0 Å².